The van der Waals surface area contributed by atoms with Crippen molar-refractivity contribution >= 4 is 5.91 Å². The number of aryl methyl sites for hydroxylation is 1. The quantitative estimate of drug-likeness (QED) is 0.919. The molecule has 1 aromatic heterocycles. The lowest BCUT2D eigenvalue weighted by molar-refractivity contribution is 0.0620. The van der Waals surface area contributed by atoms with Gasteiger partial charge in [0.1, 0.15) is 11.9 Å². The van der Waals surface area contributed by atoms with Gasteiger partial charge in [-0.3, -0.25) is 4.79 Å². The van der Waals surface area contributed by atoms with Crippen molar-refractivity contribution in [1.82, 2.24) is 24.7 Å². The number of aromatic nitrogens is 2. The van der Waals surface area contributed by atoms with Gasteiger partial charge >= 0.3 is 0 Å². The maximum Gasteiger partial charge on any atom is 0.254 e. The predicted octanol–water partition coefficient (Wildman–Crippen LogP) is 1.27. The molecule has 3 rings (SSSR count). The normalized spacial score (nSPS) is 18.2. The number of nitrogens with one attached hydrogen (secondary N) is 1. The molecule has 1 aliphatic rings. The Morgan fingerprint density at radius 3 is 2.96 bits per heavy atom. The third kappa shape index (κ3) is 3.49. The molecule has 0 spiro atoms. The molecule has 6 nitrogen and oxygen atoms in total. The van der Waals surface area contributed by atoms with Gasteiger partial charge in [0.25, 0.3) is 5.91 Å². The minimum Gasteiger partial charge on any atom is -0.336 e. The van der Waals surface area contributed by atoms with Crippen LogP contribution >= 0.6 is 0 Å². The van der Waals surface area contributed by atoms with Crippen molar-refractivity contribution in [3.05, 3.63) is 53.6 Å². The molecule has 1 atom stereocenters. The van der Waals surface area contributed by atoms with Crippen LogP contribution in [0.5, 0.6) is 0 Å². The maximum atomic E-state index is 13.1. The molecule has 1 saturated heterocycles. The highest BCUT2D eigenvalue weighted by molar-refractivity contribution is 5.94. The molecule has 1 unspecified atom stereocenters. The smallest absolute Gasteiger partial charge is 0.254 e. The lowest BCUT2D eigenvalue weighted by Crippen LogP contribution is -2.49. The van der Waals surface area contributed by atoms with E-state index in [0.717, 1.165) is 36.6 Å². The average Bonchev–Trinajstić information content (AvgIpc) is 3.00. The monoisotopic (exact) mass is 327 g/mol. The lowest BCUT2D eigenvalue weighted by Gasteiger charge is -2.36. The first-order chi connectivity index (χ1) is 11.6. The third-order valence-corrected chi connectivity index (χ3v) is 4.33. The second kappa shape index (κ2) is 7.15. The van der Waals surface area contributed by atoms with Gasteiger partial charge in [-0.25, -0.2) is 4.98 Å². The summed E-state index contributed by atoms with van der Waals surface area (Å²) >= 11 is 0. The van der Waals surface area contributed by atoms with Crippen LogP contribution in [0.15, 0.2) is 36.7 Å². The molecule has 128 valence electrons. The molecule has 6 heteroatoms. The molecule has 1 aromatic carbocycles. The van der Waals surface area contributed by atoms with E-state index < -0.39 is 0 Å². The van der Waals surface area contributed by atoms with E-state index in [1.165, 1.54) is 0 Å². The molecular formula is C18H25N5O. The molecule has 1 aliphatic heterocycles. The van der Waals surface area contributed by atoms with Crippen LogP contribution in [-0.4, -0.2) is 59.0 Å². The summed E-state index contributed by atoms with van der Waals surface area (Å²) in [5, 5.41) is 3.37. The number of carbonyl (C=O) groups excluding carboxylic acids is 1. The molecule has 2 heterocycles. The number of amides is 1. The van der Waals surface area contributed by atoms with Crippen LogP contribution in [0.25, 0.3) is 0 Å². The fraction of sp³-hybridized carbons (Fsp3) is 0.444. The number of rotatable bonds is 4. The fourth-order valence-electron chi connectivity index (χ4n) is 3.21. The largest absolute Gasteiger partial charge is 0.336 e. The van der Waals surface area contributed by atoms with Crippen molar-refractivity contribution in [2.75, 3.05) is 33.7 Å². The maximum absolute atomic E-state index is 13.1. The van der Waals surface area contributed by atoms with Crippen LogP contribution in [0.2, 0.25) is 0 Å². The zero-order valence-corrected chi connectivity index (χ0v) is 14.6. The van der Waals surface area contributed by atoms with E-state index in [1.54, 1.807) is 6.20 Å². The molecule has 0 radical (unpaired) electrons. The van der Waals surface area contributed by atoms with E-state index in [1.807, 2.05) is 55.0 Å². The number of hydrogen-bond donors (Lipinski definition) is 1. The van der Waals surface area contributed by atoms with Crippen LogP contribution in [0.1, 0.15) is 27.8 Å². The standard InChI is InChI=1S/C18H25N5O/c1-21(2)13-14-5-4-6-15(11-14)18(24)23-10-7-19-12-16(23)17-20-8-9-22(17)3/h4-6,8-9,11,16,19H,7,10,12-13H2,1-3H3. The van der Waals surface area contributed by atoms with Crippen molar-refractivity contribution in [3.63, 3.8) is 0 Å². The van der Waals surface area contributed by atoms with E-state index >= 15 is 0 Å². The van der Waals surface area contributed by atoms with Crippen LogP contribution in [0.4, 0.5) is 0 Å². The second-order valence-corrected chi connectivity index (χ2v) is 6.55. The predicted molar refractivity (Wildman–Crippen MR) is 93.7 cm³/mol. The molecular weight excluding hydrogens is 302 g/mol. The van der Waals surface area contributed by atoms with Crippen molar-refractivity contribution in [2.24, 2.45) is 7.05 Å². The highest BCUT2D eigenvalue weighted by atomic mass is 16.2. The molecule has 1 fully saturated rings. The first-order valence-corrected chi connectivity index (χ1v) is 8.29. The fourth-order valence-corrected chi connectivity index (χ4v) is 3.21. The SMILES string of the molecule is CN(C)Cc1cccc(C(=O)N2CCNCC2c2nccn2C)c1. The van der Waals surface area contributed by atoms with E-state index in [0.29, 0.717) is 6.54 Å². The Hall–Kier alpha value is -2.18. The Balaban J connectivity index is 1.86. The summed E-state index contributed by atoms with van der Waals surface area (Å²) in [6, 6.07) is 7.89. The Morgan fingerprint density at radius 1 is 1.42 bits per heavy atom. The van der Waals surface area contributed by atoms with Crippen LogP contribution in [-0.2, 0) is 13.6 Å². The third-order valence-electron chi connectivity index (χ3n) is 4.33. The summed E-state index contributed by atoms with van der Waals surface area (Å²) in [6.07, 6.45) is 3.70. The zero-order chi connectivity index (χ0) is 17.1. The van der Waals surface area contributed by atoms with Gasteiger partial charge in [0.15, 0.2) is 0 Å². The summed E-state index contributed by atoms with van der Waals surface area (Å²) in [7, 11) is 6.03. The number of hydrogen-bond acceptors (Lipinski definition) is 4. The average molecular weight is 327 g/mol. The highest BCUT2D eigenvalue weighted by Crippen LogP contribution is 2.23. The van der Waals surface area contributed by atoms with Crippen LogP contribution in [0, 0.1) is 0 Å². The first-order valence-electron chi connectivity index (χ1n) is 8.29. The lowest BCUT2D eigenvalue weighted by atomic mass is 10.1. The van der Waals surface area contributed by atoms with E-state index in [9.17, 15) is 4.79 Å². The van der Waals surface area contributed by atoms with Crippen molar-refractivity contribution < 1.29 is 4.79 Å². The van der Waals surface area contributed by atoms with Gasteiger partial charge < -0.3 is 19.7 Å². The summed E-state index contributed by atoms with van der Waals surface area (Å²) in [5.41, 5.74) is 1.89. The topological polar surface area (TPSA) is 53.4 Å². The zero-order valence-electron chi connectivity index (χ0n) is 14.6. The summed E-state index contributed by atoms with van der Waals surface area (Å²) in [5.74, 6) is 0.991. The van der Waals surface area contributed by atoms with Crippen LogP contribution < -0.4 is 5.32 Å². The Labute approximate surface area is 143 Å². The molecule has 0 bridgehead atoms. The summed E-state index contributed by atoms with van der Waals surface area (Å²) in [6.45, 7) is 3.05. The summed E-state index contributed by atoms with van der Waals surface area (Å²) in [4.78, 5) is 21.6. The summed E-state index contributed by atoms with van der Waals surface area (Å²) < 4.78 is 1.99. The minimum atomic E-state index is -0.0382. The van der Waals surface area contributed by atoms with E-state index in [4.69, 9.17) is 0 Å². The van der Waals surface area contributed by atoms with Crippen molar-refractivity contribution in [3.8, 4) is 0 Å². The number of piperazine rings is 1. The molecule has 1 N–H and O–H groups in total. The van der Waals surface area contributed by atoms with Crippen LogP contribution in [0.3, 0.4) is 0 Å². The van der Waals surface area contributed by atoms with Gasteiger partial charge in [0.2, 0.25) is 0 Å². The second-order valence-electron chi connectivity index (χ2n) is 6.55. The number of nitrogens with zero attached hydrogens (tertiary/aromatic N) is 4. The number of imidazole rings is 1. The van der Waals surface area contributed by atoms with Gasteiger partial charge in [-0.1, -0.05) is 12.1 Å². The molecule has 1 amide bonds. The molecule has 24 heavy (non-hydrogen) atoms. The van der Waals surface area contributed by atoms with Gasteiger partial charge in [-0.2, -0.15) is 0 Å². The number of benzene rings is 1. The van der Waals surface area contributed by atoms with Gasteiger partial charge in [-0.05, 0) is 31.8 Å². The van der Waals surface area contributed by atoms with Crippen molar-refractivity contribution in [1.29, 1.82) is 0 Å². The van der Waals surface area contributed by atoms with Gasteiger partial charge in [-0.15, -0.1) is 0 Å². The van der Waals surface area contributed by atoms with E-state index in [-0.39, 0.29) is 11.9 Å². The van der Waals surface area contributed by atoms with E-state index in [2.05, 4.69) is 21.3 Å². The minimum absolute atomic E-state index is 0.0382. The molecule has 0 saturated carbocycles. The Bertz CT molecular complexity index is 709. The van der Waals surface area contributed by atoms with Gasteiger partial charge in [0.05, 0.1) is 0 Å². The van der Waals surface area contributed by atoms with Crippen molar-refractivity contribution in [2.45, 2.75) is 12.6 Å². The Morgan fingerprint density at radius 2 is 2.25 bits per heavy atom. The first kappa shape index (κ1) is 16.7. The number of carbonyl (C=O) groups is 1. The highest BCUT2D eigenvalue weighted by Gasteiger charge is 2.31. The Kier molecular flexibility index (Phi) is 4.97. The molecule has 2 aromatic rings. The van der Waals surface area contributed by atoms with Gasteiger partial charge in [0, 0.05) is 51.2 Å². The molecule has 0 aliphatic carbocycles.